The SMILES string of the molecule is COc1ccc(N=Nc2ccc(O)c(C(=O)Cl)c2)cc1. The molecule has 1 N–H and O–H groups in total. The Kier molecular flexibility index (Phi) is 4.32. The summed E-state index contributed by atoms with van der Waals surface area (Å²) in [5.74, 6) is 0.539. The zero-order chi connectivity index (χ0) is 14.5. The molecule has 0 fully saturated rings. The van der Waals surface area contributed by atoms with Gasteiger partial charge < -0.3 is 9.84 Å². The molecule has 0 atom stereocenters. The molecular weight excluding hydrogens is 280 g/mol. The van der Waals surface area contributed by atoms with Gasteiger partial charge in [0.05, 0.1) is 24.0 Å². The average Bonchev–Trinajstić information content (AvgIpc) is 2.46. The molecule has 2 rings (SSSR count). The van der Waals surface area contributed by atoms with Gasteiger partial charge in [0, 0.05) is 0 Å². The van der Waals surface area contributed by atoms with Crippen LogP contribution in [0.25, 0.3) is 0 Å². The molecule has 0 saturated carbocycles. The van der Waals surface area contributed by atoms with E-state index < -0.39 is 5.24 Å². The molecule has 2 aromatic carbocycles. The lowest BCUT2D eigenvalue weighted by Crippen LogP contribution is -1.88. The van der Waals surface area contributed by atoms with Gasteiger partial charge in [-0.05, 0) is 54.1 Å². The zero-order valence-corrected chi connectivity index (χ0v) is 11.3. The van der Waals surface area contributed by atoms with E-state index in [1.165, 1.54) is 18.2 Å². The number of halogens is 1. The predicted molar refractivity (Wildman–Crippen MR) is 75.5 cm³/mol. The van der Waals surface area contributed by atoms with E-state index in [9.17, 15) is 9.90 Å². The highest BCUT2D eigenvalue weighted by Gasteiger charge is 2.08. The number of azo groups is 1. The van der Waals surface area contributed by atoms with E-state index >= 15 is 0 Å². The molecule has 0 aliphatic rings. The maximum Gasteiger partial charge on any atom is 0.256 e. The number of aromatic hydroxyl groups is 1. The summed E-state index contributed by atoms with van der Waals surface area (Å²) in [6, 6.07) is 11.3. The van der Waals surface area contributed by atoms with Gasteiger partial charge in [0.1, 0.15) is 11.5 Å². The van der Waals surface area contributed by atoms with Crippen LogP contribution in [0.5, 0.6) is 11.5 Å². The zero-order valence-electron chi connectivity index (χ0n) is 10.6. The monoisotopic (exact) mass is 290 g/mol. The Morgan fingerprint density at radius 1 is 1.10 bits per heavy atom. The lowest BCUT2D eigenvalue weighted by Gasteiger charge is -2.00. The lowest BCUT2D eigenvalue weighted by atomic mass is 10.2. The minimum atomic E-state index is -0.746. The third kappa shape index (κ3) is 3.33. The highest BCUT2D eigenvalue weighted by molar-refractivity contribution is 6.68. The van der Waals surface area contributed by atoms with Crippen molar-refractivity contribution < 1.29 is 14.6 Å². The molecule has 6 heteroatoms. The van der Waals surface area contributed by atoms with Crippen LogP contribution in [-0.4, -0.2) is 17.5 Å². The molecule has 0 amide bonds. The van der Waals surface area contributed by atoms with Gasteiger partial charge in [-0.3, -0.25) is 4.79 Å². The topological polar surface area (TPSA) is 71.2 Å². The maximum atomic E-state index is 11.1. The van der Waals surface area contributed by atoms with Crippen LogP contribution in [-0.2, 0) is 0 Å². The predicted octanol–water partition coefficient (Wildman–Crippen LogP) is 4.20. The van der Waals surface area contributed by atoms with Gasteiger partial charge in [-0.15, -0.1) is 0 Å². The van der Waals surface area contributed by atoms with Crippen molar-refractivity contribution in [2.24, 2.45) is 10.2 Å². The van der Waals surface area contributed by atoms with Gasteiger partial charge in [0.2, 0.25) is 0 Å². The normalized spacial score (nSPS) is 10.7. The standard InChI is InChI=1S/C14H11ClN2O3/c1-20-11-5-2-9(3-6-11)16-17-10-4-7-13(18)12(8-10)14(15)19/h2-8,18H,1H3. The van der Waals surface area contributed by atoms with Gasteiger partial charge in [-0.1, -0.05) is 0 Å². The molecule has 0 aromatic heterocycles. The first-order chi connectivity index (χ1) is 9.60. The summed E-state index contributed by atoms with van der Waals surface area (Å²) in [7, 11) is 1.58. The first-order valence-corrected chi connectivity index (χ1v) is 6.06. The number of hydrogen-bond acceptors (Lipinski definition) is 5. The smallest absolute Gasteiger partial charge is 0.256 e. The molecule has 0 saturated heterocycles. The molecule has 0 bridgehead atoms. The van der Waals surface area contributed by atoms with E-state index in [0.29, 0.717) is 11.4 Å². The van der Waals surface area contributed by atoms with Gasteiger partial charge in [-0.25, -0.2) is 0 Å². The van der Waals surface area contributed by atoms with Gasteiger partial charge in [-0.2, -0.15) is 10.2 Å². The highest BCUT2D eigenvalue weighted by Crippen LogP contribution is 2.26. The number of hydrogen-bond donors (Lipinski definition) is 1. The van der Waals surface area contributed by atoms with E-state index in [1.807, 2.05) is 0 Å². The maximum absolute atomic E-state index is 11.1. The van der Waals surface area contributed by atoms with Crippen LogP contribution in [0.15, 0.2) is 52.7 Å². The Bertz CT molecular complexity index is 654. The summed E-state index contributed by atoms with van der Waals surface area (Å²) in [5, 5.41) is 16.7. The first kappa shape index (κ1) is 14.0. The van der Waals surface area contributed by atoms with E-state index in [0.717, 1.165) is 5.75 Å². The first-order valence-electron chi connectivity index (χ1n) is 5.69. The Morgan fingerprint density at radius 3 is 2.30 bits per heavy atom. The van der Waals surface area contributed by atoms with Crippen LogP contribution < -0.4 is 4.74 Å². The highest BCUT2D eigenvalue weighted by atomic mass is 35.5. The number of carbonyl (C=O) groups excluding carboxylic acids is 1. The van der Waals surface area contributed by atoms with Gasteiger partial charge in [0.15, 0.2) is 0 Å². The summed E-state index contributed by atoms with van der Waals surface area (Å²) >= 11 is 5.35. The molecule has 0 aliphatic heterocycles. The second kappa shape index (κ2) is 6.16. The third-order valence-electron chi connectivity index (χ3n) is 2.55. The lowest BCUT2D eigenvalue weighted by molar-refractivity contribution is 0.107. The largest absolute Gasteiger partial charge is 0.507 e. The molecule has 2 aromatic rings. The minimum absolute atomic E-state index is 0.00199. The van der Waals surface area contributed by atoms with Gasteiger partial charge >= 0.3 is 0 Å². The molecule has 0 heterocycles. The summed E-state index contributed by atoms with van der Waals surface area (Å²) < 4.78 is 5.04. The fraction of sp³-hybridized carbons (Fsp3) is 0.0714. The van der Waals surface area contributed by atoms with Gasteiger partial charge in [0.25, 0.3) is 5.24 Å². The summed E-state index contributed by atoms with van der Waals surface area (Å²) in [6.07, 6.45) is 0. The number of rotatable bonds is 4. The number of phenols is 1. The Balaban J connectivity index is 2.22. The molecule has 102 valence electrons. The van der Waals surface area contributed by atoms with Crippen molar-refractivity contribution >= 4 is 28.2 Å². The second-order valence-electron chi connectivity index (χ2n) is 3.87. The number of ether oxygens (including phenoxy) is 1. The Labute approximate surface area is 120 Å². The summed E-state index contributed by atoms with van der Waals surface area (Å²) in [5.41, 5.74) is 1.05. The van der Waals surface area contributed by atoms with Crippen LogP contribution >= 0.6 is 11.6 Å². The van der Waals surface area contributed by atoms with Crippen molar-refractivity contribution in [2.75, 3.05) is 7.11 Å². The van der Waals surface area contributed by atoms with Crippen LogP contribution in [0.3, 0.4) is 0 Å². The van der Waals surface area contributed by atoms with Crippen molar-refractivity contribution in [2.45, 2.75) is 0 Å². The van der Waals surface area contributed by atoms with E-state index in [2.05, 4.69) is 10.2 Å². The summed E-state index contributed by atoms with van der Waals surface area (Å²) in [4.78, 5) is 11.1. The molecule has 0 spiro atoms. The Morgan fingerprint density at radius 2 is 1.70 bits per heavy atom. The van der Waals surface area contributed by atoms with Crippen LogP contribution in [0.1, 0.15) is 10.4 Å². The van der Waals surface area contributed by atoms with Crippen molar-refractivity contribution in [1.82, 2.24) is 0 Å². The number of phenolic OH excluding ortho intramolecular Hbond substituents is 1. The van der Waals surface area contributed by atoms with Crippen LogP contribution in [0.4, 0.5) is 11.4 Å². The quantitative estimate of drug-likeness (QED) is 0.677. The molecule has 5 nitrogen and oxygen atoms in total. The van der Waals surface area contributed by atoms with Crippen molar-refractivity contribution in [3.63, 3.8) is 0 Å². The van der Waals surface area contributed by atoms with Crippen molar-refractivity contribution in [3.8, 4) is 11.5 Å². The molecule has 0 aliphatic carbocycles. The molecule has 20 heavy (non-hydrogen) atoms. The molecular formula is C14H11ClN2O3. The van der Waals surface area contributed by atoms with Crippen molar-refractivity contribution in [1.29, 1.82) is 0 Å². The van der Waals surface area contributed by atoms with Crippen LogP contribution in [0.2, 0.25) is 0 Å². The number of nitrogens with zero attached hydrogens (tertiary/aromatic N) is 2. The van der Waals surface area contributed by atoms with Crippen LogP contribution in [0, 0.1) is 0 Å². The molecule has 0 unspecified atom stereocenters. The molecule has 0 radical (unpaired) electrons. The fourth-order valence-corrected chi connectivity index (χ4v) is 1.66. The van der Waals surface area contributed by atoms with E-state index in [4.69, 9.17) is 16.3 Å². The summed E-state index contributed by atoms with van der Waals surface area (Å²) in [6.45, 7) is 0. The van der Waals surface area contributed by atoms with E-state index in [-0.39, 0.29) is 11.3 Å². The fourth-order valence-electron chi connectivity index (χ4n) is 1.51. The van der Waals surface area contributed by atoms with E-state index in [1.54, 1.807) is 31.4 Å². The minimum Gasteiger partial charge on any atom is -0.507 e. The third-order valence-corrected chi connectivity index (χ3v) is 2.75. The number of carbonyl (C=O) groups is 1. The number of methoxy groups -OCH3 is 1. The second-order valence-corrected chi connectivity index (χ2v) is 4.22. The average molecular weight is 291 g/mol. The number of benzene rings is 2. The van der Waals surface area contributed by atoms with Crippen molar-refractivity contribution in [3.05, 3.63) is 48.0 Å². The Hall–Kier alpha value is -2.40.